The van der Waals surface area contributed by atoms with Crippen molar-refractivity contribution in [1.29, 1.82) is 0 Å². The number of carbonyl (C=O) groups is 2. The van der Waals surface area contributed by atoms with Gasteiger partial charge in [-0.25, -0.2) is 4.79 Å². The van der Waals surface area contributed by atoms with Gasteiger partial charge in [-0.3, -0.25) is 9.89 Å². The number of hydrogen-bond donors (Lipinski definition) is 1. The molecule has 2 aromatic rings. The molecule has 0 fully saturated rings. The molecule has 0 radical (unpaired) electrons. The van der Waals surface area contributed by atoms with Crippen molar-refractivity contribution >= 4 is 11.9 Å². The van der Waals surface area contributed by atoms with Crippen molar-refractivity contribution in [2.45, 2.75) is 13.0 Å². The van der Waals surface area contributed by atoms with E-state index >= 15 is 0 Å². The predicted octanol–water partition coefficient (Wildman–Crippen LogP) is 1.41. The summed E-state index contributed by atoms with van der Waals surface area (Å²) in [5.41, 5.74) is 2.34. The number of amides is 1. The number of aromatic nitrogens is 2. The summed E-state index contributed by atoms with van der Waals surface area (Å²) in [6.07, 6.45) is 5.75. The summed E-state index contributed by atoms with van der Waals surface area (Å²) in [6.45, 7) is 1.04. The molecule has 0 saturated heterocycles. The minimum absolute atomic E-state index is 0.119. The lowest BCUT2D eigenvalue weighted by atomic mass is 10.0. The number of aromatic amines is 1. The van der Waals surface area contributed by atoms with Crippen molar-refractivity contribution in [1.82, 2.24) is 15.1 Å². The van der Waals surface area contributed by atoms with E-state index in [2.05, 4.69) is 16.1 Å². The molecule has 128 valence electrons. The van der Waals surface area contributed by atoms with Gasteiger partial charge in [-0.15, -0.1) is 6.42 Å². The van der Waals surface area contributed by atoms with E-state index in [4.69, 9.17) is 15.9 Å². The molecule has 25 heavy (non-hydrogen) atoms. The Labute approximate surface area is 144 Å². The first kappa shape index (κ1) is 16.6. The Hall–Kier alpha value is -3.27. The number of terminal acetylenes is 1. The molecular formula is C18H17N3O4. The van der Waals surface area contributed by atoms with Crippen LogP contribution in [0.25, 0.3) is 0 Å². The van der Waals surface area contributed by atoms with Gasteiger partial charge in [-0.1, -0.05) is 5.92 Å². The average Bonchev–Trinajstić information content (AvgIpc) is 3.08. The summed E-state index contributed by atoms with van der Waals surface area (Å²) in [5.74, 6) is 2.37. The van der Waals surface area contributed by atoms with Crippen LogP contribution in [0.5, 0.6) is 5.75 Å². The standard InChI is InChI=1S/C18H17N3O4/c1-3-10-25-13-6-4-12(5-7-13)17(22)21-9-8-15-14(11-21)16(20-19-15)18(23)24-2/h1,4-7H,8-11H2,2H3,(H,19,20). The first-order chi connectivity index (χ1) is 12.1. The highest BCUT2D eigenvalue weighted by atomic mass is 16.5. The number of H-pyrrole nitrogens is 1. The fourth-order valence-electron chi connectivity index (χ4n) is 2.74. The fraction of sp³-hybridized carbons (Fsp3) is 0.278. The summed E-state index contributed by atoms with van der Waals surface area (Å²) < 4.78 is 10.0. The van der Waals surface area contributed by atoms with Gasteiger partial charge < -0.3 is 14.4 Å². The summed E-state index contributed by atoms with van der Waals surface area (Å²) in [5, 5.41) is 6.85. The predicted molar refractivity (Wildman–Crippen MR) is 89.1 cm³/mol. The Morgan fingerprint density at radius 2 is 2.12 bits per heavy atom. The van der Waals surface area contributed by atoms with Gasteiger partial charge in [0.25, 0.3) is 5.91 Å². The molecule has 0 bridgehead atoms. The van der Waals surface area contributed by atoms with Crippen LogP contribution in [0.1, 0.15) is 32.1 Å². The van der Waals surface area contributed by atoms with E-state index in [1.54, 1.807) is 29.2 Å². The van der Waals surface area contributed by atoms with Crippen LogP contribution in [0.3, 0.4) is 0 Å². The monoisotopic (exact) mass is 339 g/mol. The zero-order chi connectivity index (χ0) is 17.8. The summed E-state index contributed by atoms with van der Waals surface area (Å²) >= 11 is 0. The van der Waals surface area contributed by atoms with E-state index < -0.39 is 5.97 Å². The normalized spacial score (nSPS) is 12.9. The number of carbonyl (C=O) groups excluding carboxylic acids is 2. The minimum Gasteiger partial charge on any atom is -0.481 e. The molecule has 3 rings (SSSR count). The van der Waals surface area contributed by atoms with Crippen LogP contribution in [0.2, 0.25) is 0 Å². The van der Waals surface area contributed by atoms with Crippen molar-refractivity contribution in [3.05, 3.63) is 46.8 Å². The highest BCUT2D eigenvalue weighted by molar-refractivity contribution is 5.95. The average molecular weight is 339 g/mol. The number of esters is 1. The zero-order valence-electron chi connectivity index (χ0n) is 13.7. The van der Waals surface area contributed by atoms with Gasteiger partial charge >= 0.3 is 5.97 Å². The second-order valence-corrected chi connectivity index (χ2v) is 5.51. The van der Waals surface area contributed by atoms with E-state index in [1.807, 2.05) is 0 Å². The Morgan fingerprint density at radius 1 is 1.36 bits per heavy atom. The summed E-state index contributed by atoms with van der Waals surface area (Å²) in [7, 11) is 1.30. The van der Waals surface area contributed by atoms with Crippen molar-refractivity contribution < 1.29 is 19.1 Å². The highest BCUT2D eigenvalue weighted by Crippen LogP contribution is 2.23. The van der Waals surface area contributed by atoms with Crippen LogP contribution in [-0.4, -0.2) is 47.2 Å². The van der Waals surface area contributed by atoms with E-state index in [9.17, 15) is 9.59 Å². The summed E-state index contributed by atoms with van der Waals surface area (Å²) in [4.78, 5) is 26.2. The number of methoxy groups -OCH3 is 1. The molecule has 1 aliphatic heterocycles. The molecule has 0 aliphatic carbocycles. The van der Waals surface area contributed by atoms with E-state index in [0.717, 1.165) is 5.69 Å². The molecule has 1 aromatic carbocycles. The van der Waals surface area contributed by atoms with E-state index in [0.29, 0.717) is 36.4 Å². The van der Waals surface area contributed by atoms with Crippen LogP contribution < -0.4 is 4.74 Å². The molecule has 7 nitrogen and oxygen atoms in total. The van der Waals surface area contributed by atoms with Crippen molar-refractivity contribution in [2.24, 2.45) is 0 Å². The van der Waals surface area contributed by atoms with Gasteiger partial charge in [0.1, 0.15) is 12.4 Å². The molecule has 1 aliphatic rings. The SMILES string of the molecule is C#CCOc1ccc(C(=O)N2CCc3[nH]nc(C(=O)OC)c3C2)cc1. The second kappa shape index (κ2) is 7.09. The zero-order valence-corrected chi connectivity index (χ0v) is 13.7. The van der Waals surface area contributed by atoms with Gasteiger partial charge in [0, 0.05) is 29.8 Å². The third-order valence-corrected chi connectivity index (χ3v) is 4.02. The number of nitrogens with one attached hydrogen (secondary N) is 1. The quantitative estimate of drug-likeness (QED) is 0.672. The molecular weight excluding hydrogens is 322 g/mol. The van der Waals surface area contributed by atoms with E-state index in [-0.39, 0.29) is 18.2 Å². The largest absolute Gasteiger partial charge is 0.481 e. The Morgan fingerprint density at radius 3 is 2.80 bits per heavy atom. The van der Waals surface area contributed by atoms with Gasteiger partial charge in [-0.05, 0) is 24.3 Å². The third kappa shape index (κ3) is 3.33. The van der Waals surface area contributed by atoms with Gasteiger partial charge in [0.05, 0.1) is 13.7 Å². The van der Waals surface area contributed by atoms with Crippen molar-refractivity contribution in [3.8, 4) is 18.1 Å². The van der Waals surface area contributed by atoms with Crippen LogP contribution in [-0.2, 0) is 17.7 Å². The number of fused-ring (bicyclic) bond motifs is 1. The molecule has 1 aromatic heterocycles. The maximum Gasteiger partial charge on any atom is 0.358 e. The lowest BCUT2D eigenvalue weighted by Crippen LogP contribution is -2.36. The van der Waals surface area contributed by atoms with E-state index in [1.165, 1.54) is 7.11 Å². The molecule has 1 N–H and O–H groups in total. The van der Waals surface area contributed by atoms with Gasteiger partial charge in [0.15, 0.2) is 5.69 Å². The maximum atomic E-state index is 12.7. The van der Waals surface area contributed by atoms with Crippen molar-refractivity contribution in [3.63, 3.8) is 0 Å². The Balaban J connectivity index is 1.75. The second-order valence-electron chi connectivity index (χ2n) is 5.51. The summed E-state index contributed by atoms with van der Waals surface area (Å²) in [6, 6.07) is 6.80. The molecule has 0 saturated carbocycles. The lowest BCUT2D eigenvalue weighted by Gasteiger charge is -2.27. The topological polar surface area (TPSA) is 84.5 Å². The van der Waals surface area contributed by atoms with Crippen molar-refractivity contribution in [2.75, 3.05) is 20.3 Å². The molecule has 7 heteroatoms. The van der Waals surface area contributed by atoms with Crippen LogP contribution in [0.4, 0.5) is 0 Å². The molecule has 1 amide bonds. The Bertz CT molecular complexity index is 833. The number of rotatable bonds is 4. The fourth-order valence-corrected chi connectivity index (χ4v) is 2.74. The number of nitrogens with zero attached hydrogens (tertiary/aromatic N) is 2. The molecule has 0 spiro atoms. The van der Waals surface area contributed by atoms with Crippen LogP contribution in [0.15, 0.2) is 24.3 Å². The Kier molecular flexibility index (Phi) is 4.70. The van der Waals surface area contributed by atoms with Gasteiger partial charge in [0.2, 0.25) is 0 Å². The smallest absolute Gasteiger partial charge is 0.358 e. The third-order valence-electron chi connectivity index (χ3n) is 4.02. The molecule has 2 heterocycles. The number of benzene rings is 1. The van der Waals surface area contributed by atoms with Crippen LogP contribution >= 0.6 is 0 Å². The van der Waals surface area contributed by atoms with Gasteiger partial charge in [-0.2, -0.15) is 5.10 Å². The number of ether oxygens (including phenoxy) is 2. The maximum absolute atomic E-state index is 12.7. The first-order valence-corrected chi connectivity index (χ1v) is 7.74. The highest BCUT2D eigenvalue weighted by Gasteiger charge is 2.28. The first-order valence-electron chi connectivity index (χ1n) is 7.74. The number of hydrogen-bond acceptors (Lipinski definition) is 5. The lowest BCUT2D eigenvalue weighted by molar-refractivity contribution is 0.0586. The molecule has 0 unspecified atom stereocenters. The minimum atomic E-state index is -0.512. The van der Waals surface area contributed by atoms with Crippen LogP contribution in [0, 0.1) is 12.3 Å². The molecule has 0 atom stereocenters.